The first-order valence-electron chi connectivity index (χ1n) is 8.32. The second-order valence-corrected chi connectivity index (χ2v) is 6.69. The van der Waals surface area contributed by atoms with Crippen molar-refractivity contribution in [2.24, 2.45) is 5.92 Å². The molecule has 3 heterocycles. The molecule has 7 nitrogen and oxygen atoms in total. The van der Waals surface area contributed by atoms with E-state index in [2.05, 4.69) is 15.1 Å². The molecule has 2 fully saturated rings. The first-order chi connectivity index (χ1) is 11.7. The predicted molar refractivity (Wildman–Crippen MR) is 84.5 cm³/mol. The third-order valence-corrected chi connectivity index (χ3v) is 4.89. The van der Waals surface area contributed by atoms with Crippen molar-refractivity contribution in [1.29, 1.82) is 0 Å². The van der Waals surface area contributed by atoms with Gasteiger partial charge in [0.15, 0.2) is 5.82 Å². The average Bonchev–Trinajstić information content (AvgIpc) is 3.17. The Morgan fingerprint density at radius 1 is 1.42 bits per heavy atom. The number of rotatable bonds is 4. The summed E-state index contributed by atoms with van der Waals surface area (Å²) in [5.74, 6) is 1.38. The van der Waals surface area contributed by atoms with E-state index in [9.17, 15) is 9.90 Å². The summed E-state index contributed by atoms with van der Waals surface area (Å²) >= 11 is 0. The summed E-state index contributed by atoms with van der Waals surface area (Å²) in [6.07, 6.45) is 3.84. The second-order valence-electron chi connectivity index (χ2n) is 6.69. The van der Waals surface area contributed by atoms with Gasteiger partial charge in [-0.3, -0.25) is 9.78 Å². The molecule has 0 spiro atoms. The maximum Gasteiger partial charge on any atom is 0.272 e. The van der Waals surface area contributed by atoms with E-state index in [0.717, 1.165) is 24.2 Å². The monoisotopic (exact) mass is 328 g/mol. The van der Waals surface area contributed by atoms with Crippen LogP contribution >= 0.6 is 0 Å². The molecule has 1 saturated heterocycles. The zero-order chi connectivity index (χ0) is 16.7. The van der Waals surface area contributed by atoms with Crippen molar-refractivity contribution in [2.45, 2.75) is 31.6 Å². The molecule has 126 valence electrons. The number of aliphatic hydroxyl groups excluding tert-OH is 1. The lowest BCUT2D eigenvalue weighted by Gasteiger charge is -2.16. The van der Waals surface area contributed by atoms with Crippen LogP contribution < -0.4 is 0 Å². The van der Waals surface area contributed by atoms with Gasteiger partial charge in [-0.05, 0) is 31.4 Å². The molecular formula is C17H20N4O3. The minimum atomic E-state index is -0.122. The molecule has 4 rings (SSSR count). The van der Waals surface area contributed by atoms with Gasteiger partial charge in [-0.25, -0.2) is 0 Å². The fourth-order valence-corrected chi connectivity index (χ4v) is 3.27. The first kappa shape index (κ1) is 15.3. The number of hydrogen-bond donors (Lipinski definition) is 1. The number of hydrogen-bond acceptors (Lipinski definition) is 6. The number of amides is 1. The Morgan fingerprint density at radius 3 is 2.96 bits per heavy atom. The van der Waals surface area contributed by atoms with Gasteiger partial charge in [-0.1, -0.05) is 11.2 Å². The molecule has 1 aliphatic carbocycles. The lowest BCUT2D eigenvalue weighted by atomic mass is 9.97. The molecule has 2 aliphatic rings. The van der Waals surface area contributed by atoms with Crippen LogP contribution in [0.4, 0.5) is 0 Å². The van der Waals surface area contributed by atoms with Gasteiger partial charge in [0.1, 0.15) is 5.69 Å². The smallest absolute Gasteiger partial charge is 0.272 e. The van der Waals surface area contributed by atoms with Crippen LogP contribution in [0.2, 0.25) is 0 Å². The van der Waals surface area contributed by atoms with Crippen molar-refractivity contribution >= 4 is 5.91 Å². The van der Waals surface area contributed by atoms with Crippen molar-refractivity contribution in [1.82, 2.24) is 20.0 Å². The maximum atomic E-state index is 12.7. The molecule has 2 aromatic heterocycles. The zero-order valence-electron chi connectivity index (χ0n) is 13.6. The molecule has 1 aliphatic heterocycles. The minimum absolute atomic E-state index is 0.0171. The Kier molecular flexibility index (Phi) is 3.80. The summed E-state index contributed by atoms with van der Waals surface area (Å²) in [7, 11) is 0. The summed E-state index contributed by atoms with van der Waals surface area (Å²) in [6.45, 7) is 2.79. The topological polar surface area (TPSA) is 92.4 Å². The zero-order valence-corrected chi connectivity index (χ0v) is 13.6. The second kappa shape index (κ2) is 5.98. The first-order valence-corrected chi connectivity index (χ1v) is 8.32. The molecule has 2 aromatic rings. The average molecular weight is 328 g/mol. The fraction of sp³-hybridized carbons (Fsp3) is 0.529. The lowest BCUT2D eigenvalue weighted by molar-refractivity contribution is 0.0774. The van der Waals surface area contributed by atoms with E-state index in [0.29, 0.717) is 30.6 Å². The van der Waals surface area contributed by atoms with E-state index in [1.165, 1.54) is 0 Å². The third kappa shape index (κ3) is 2.69. The number of pyridine rings is 1. The highest BCUT2D eigenvalue weighted by Gasteiger charge is 2.40. The van der Waals surface area contributed by atoms with Crippen LogP contribution in [-0.4, -0.2) is 50.7 Å². The summed E-state index contributed by atoms with van der Waals surface area (Å²) in [6, 6.07) is 3.69. The van der Waals surface area contributed by atoms with E-state index in [-0.39, 0.29) is 24.3 Å². The highest BCUT2D eigenvalue weighted by molar-refractivity contribution is 5.93. The van der Waals surface area contributed by atoms with Gasteiger partial charge in [0, 0.05) is 37.7 Å². The largest absolute Gasteiger partial charge is 0.396 e. The van der Waals surface area contributed by atoms with Gasteiger partial charge in [0.05, 0.1) is 5.92 Å². The van der Waals surface area contributed by atoms with E-state index < -0.39 is 0 Å². The van der Waals surface area contributed by atoms with Crippen molar-refractivity contribution < 1.29 is 14.4 Å². The standard InChI is InChI=1S/C17H20N4O3/c1-10-3-2-6-18-14(10)17(23)21-7-12(9-22)13(8-21)16-19-15(20-24-16)11-4-5-11/h2-3,6,11-13,22H,4-5,7-9H2,1H3/t12-,13+/m0/s1. The summed E-state index contributed by atoms with van der Waals surface area (Å²) in [5.41, 5.74) is 1.30. The number of aryl methyl sites for hydroxylation is 1. The van der Waals surface area contributed by atoms with E-state index in [1.807, 2.05) is 19.1 Å². The normalized spacial score (nSPS) is 23.7. The van der Waals surface area contributed by atoms with Gasteiger partial charge in [-0.2, -0.15) is 4.98 Å². The SMILES string of the molecule is Cc1cccnc1C(=O)N1C[C@@H](CO)[C@H](c2nc(C3CC3)no2)C1. The lowest BCUT2D eigenvalue weighted by Crippen LogP contribution is -2.30. The maximum absolute atomic E-state index is 12.7. The molecule has 0 aromatic carbocycles. The third-order valence-electron chi connectivity index (χ3n) is 4.89. The van der Waals surface area contributed by atoms with Crippen molar-refractivity contribution in [3.63, 3.8) is 0 Å². The Bertz CT molecular complexity index is 756. The van der Waals surface area contributed by atoms with Gasteiger partial charge >= 0.3 is 0 Å². The van der Waals surface area contributed by atoms with Crippen LogP contribution in [0.5, 0.6) is 0 Å². The van der Waals surface area contributed by atoms with Gasteiger partial charge < -0.3 is 14.5 Å². The van der Waals surface area contributed by atoms with Gasteiger partial charge in [0.2, 0.25) is 5.89 Å². The molecular weight excluding hydrogens is 308 g/mol. The van der Waals surface area contributed by atoms with Crippen LogP contribution in [0.3, 0.4) is 0 Å². The number of aliphatic hydroxyl groups is 1. The van der Waals surface area contributed by atoms with Crippen molar-refractivity contribution in [2.75, 3.05) is 19.7 Å². The molecule has 0 radical (unpaired) electrons. The Balaban J connectivity index is 1.54. The number of carbonyl (C=O) groups is 1. The highest BCUT2D eigenvalue weighted by Crippen LogP contribution is 2.40. The van der Waals surface area contributed by atoms with Crippen LogP contribution in [0.25, 0.3) is 0 Å². The number of likely N-dealkylation sites (tertiary alicyclic amines) is 1. The highest BCUT2D eigenvalue weighted by atomic mass is 16.5. The van der Waals surface area contributed by atoms with Crippen LogP contribution in [-0.2, 0) is 0 Å². The number of aromatic nitrogens is 3. The van der Waals surface area contributed by atoms with E-state index >= 15 is 0 Å². The molecule has 0 unspecified atom stereocenters. The summed E-state index contributed by atoms with van der Waals surface area (Å²) in [4.78, 5) is 23.2. The van der Waals surface area contributed by atoms with E-state index in [4.69, 9.17) is 4.52 Å². The summed E-state index contributed by atoms with van der Waals surface area (Å²) in [5, 5.41) is 13.8. The van der Waals surface area contributed by atoms with E-state index in [1.54, 1.807) is 11.1 Å². The Morgan fingerprint density at radius 2 is 2.25 bits per heavy atom. The van der Waals surface area contributed by atoms with Crippen molar-refractivity contribution in [3.05, 3.63) is 41.3 Å². The minimum Gasteiger partial charge on any atom is -0.396 e. The van der Waals surface area contributed by atoms with Gasteiger partial charge in [-0.15, -0.1) is 0 Å². The fourth-order valence-electron chi connectivity index (χ4n) is 3.27. The quantitative estimate of drug-likeness (QED) is 0.914. The number of nitrogens with zero attached hydrogens (tertiary/aromatic N) is 4. The predicted octanol–water partition coefficient (Wildman–Crippen LogP) is 1.50. The Hall–Kier alpha value is -2.28. The molecule has 24 heavy (non-hydrogen) atoms. The van der Waals surface area contributed by atoms with Crippen molar-refractivity contribution in [3.8, 4) is 0 Å². The van der Waals surface area contributed by atoms with Crippen LogP contribution in [0.1, 0.15) is 52.4 Å². The van der Waals surface area contributed by atoms with Gasteiger partial charge in [0.25, 0.3) is 5.91 Å². The number of carbonyl (C=O) groups excluding carboxylic acids is 1. The molecule has 1 saturated carbocycles. The van der Waals surface area contributed by atoms with Crippen LogP contribution in [0, 0.1) is 12.8 Å². The molecule has 7 heteroatoms. The molecule has 1 N–H and O–H groups in total. The molecule has 0 bridgehead atoms. The Labute approximate surface area is 139 Å². The molecule has 1 amide bonds. The summed E-state index contributed by atoms with van der Waals surface area (Å²) < 4.78 is 5.41. The molecule has 2 atom stereocenters. The van der Waals surface area contributed by atoms with Crippen LogP contribution in [0.15, 0.2) is 22.9 Å².